The number of esters is 1. The molecule has 62 heavy (non-hydrogen) atoms. The van der Waals surface area contributed by atoms with Crippen molar-refractivity contribution >= 4 is 64.8 Å². The van der Waals surface area contributed by atoms with Gasteiger partial charge in [0.05, 0.1) is 21.4 Å². The standard InChI is InChI=1S/C36H32F4N4O14S3.Na/c37-22-16-23(38)29(40)32(28(22)39)57-26(45)5-2-1-3-12-43-35(46)17-6-7-18(21(15-17)36(47)48)27-19-8-10-24(41)33(60(52,53)44-13-4-14-59(49,50)51)30(19)58-31-20(27)9-11-25(42)34(31)61(54,55)56;/h6-11,15-16,42,44H,1-5,12-14,41H2,(H,43,46)(H,47,48)(H,49,50,51)(H,54,55,56);/q;+1/p-1. The molecule has 3 aromatic rings. The molecule has 0 saturated carbocycles. The summed E-state index contributed by atoms with van der Waals surface area (Å²) in [6.07, 6.45) is -0.409. The summed E-state index contributed by atoms with van der Waals surface area (Å²) in [7, 11) is -15.0. The van der Waals surface area contributed by atoms with E-state index in [1.807, 2.05) is 0 Å². The van der Waals surface area contributed by atoms with Crippen molar-refractivity contribution in [3.8, 4) is 28.2 Å². The fraction of sp³-hybridized carbons (Fsp3) is 0.222. The van der Waals surface area contributed by atoms with E-state index < -0.39 is 140 Å². The molecule has 1 heterocycles. The fourth-order valence-corrected chi connectivity index (χ4v) is 8.68. The number of hydrogen-bond acceptors (Lipinski definition) is 14. The van der Waals surface area contributed by atoms with Crippen molar-refractivity contribution in [2.24, 2.45) is 0 Å². The van der Waals surface area contributed by atoms with Gasteiger partial charge in [-0.1, -0.05) is 12.5 Å². The largest absolute Gasteiger partial charge is 1.00 e. The number of benzene rings is 4. The van der Waals surface area contributed by atoms with Gasteiger partial charge in [0.15, 0.2) is 27.9 Å². The van der Waals surface area contributed by atoms with Gasteiger partial charge in [-0.2, -0.15) is 8.78 Å². The van der Waals surface area contributed by atoms with Gasteiger partial charge in [0.1, 0.15) is 15.0 Å². The molecule has 0 fully saturated rings. The summed E-state index contributed by atoms with van der Waals surface area (Å²) >= 11 is 0. The Labute approximate surface area is 371 Å². The second kappa shape index (κ2) is 19.6. The van der Waals surface area contributed by atoms with Crippen LogP contribution < -0.4 is 60.8 Å². The maximum Gasteiger partial charge on any atom is 1.00 e. The van der Waals surface area contributed by atoms with Crippen LogP contribution >= 0.6 is 0 Å². The SMILES string of the molecule is Nc1ccc2c(-c3ccc(C(=O)NCCCCCC(=O)Oc4c(F)c(F)cc(F)c4F)cc3C(=O)O)c3ccc(=[NH2+])c(S(=O)(=O)[O-])c-3oc2c1S(=O)(=O)NCCCS(=O)(=O)[O-].[Na+]. The number of carbonyl (C=O) groups excluding carboxylic acids is 2. The number of sulfonamides is 1. The quantitative estimate of drug-likeness (QED) is 0.00835. The van der Waals surface area contributed by atoms with Crippen molar-refractivity contribution in [1.82, 2.24) is 10.0 Å². The van der Waals surface area contributed by atoms with Crippen molar-refractivity contribution in [2.45, 2.75) is 41.9 Å². The minimum Gasteiger partial charge on any atom is -0.748 e. The van der Waals surface area contributed by atoms with Gasteiger partial charge in [-0.15, -0.1) is 0 Å². The van der Waals surface area contributed by atoms with Gasteiger partial charge in [-0.25, -0.2) is 43.6 Å². The molecule has 0 unspecified atom stereocenters. The third-order valence-electron chi connectivity index (χ3n) is 8.82. The molecule has 0 atom stereocenters. The number of anilines is 1. The van der Waals surface area contributed by atoms with E-state index in [4.69, 9.17) is 15.6 Å². The monoisotopic (exact) mass is 938 g/mol. The van der Waals surface area contributed by atoms with Gasteiger partial charge < -0.3 is 34.4 Å². The molecule has 0 spiro atoms. The smallest absolute Gasteiger partial charge is 0.748 e. The number of carboxylic acids is 1. The molecule has 26 heteroatoms. The predicted octanol–water partition coefficient (Wildman–Crippen LogP) is -1.28. The molecule has 3 aromatic carbocycles. The fourth-order valence-electron chi connectivity index (χ4n) is 6.11. The van der Waals surface area contributed by atoms with Crippen LogP contribution in [0.4, 0.5) is 23.2 Å². The van der Waals surface area contributed by atoms with Crippen molar-refractivity contribution in [3.63, 3.8) is 0 Å². The number of halogens is 4. The van der Waals surface area contributed by atoms with Crippen LogP contribution in [0.1, 0.15) is 52.8 Å². The normalized spacial score (nSPS) is 12.0. The number of nitrogen functional groups attached to an aromatic ring is 1. The van der Waals surface area contributed by atoms with Crippen LogP contribution in [0.3, 0.4) is 0 Å². The van der Waals surface area contributed by atoms with Crippen LogP contribution in [0, 0.1) is 23.3 Å². The van der Waals surface area contributed by atoms with Crippen molar-refractivity contribution in [2.75, 3.05) is 24.6 Å². The summed E-state index contributed by atoms with van der Waals surface area (Å²) in [6, 6.07) is 7.68. The summed E-state index contributed by atoms with van der Waals surface area (Å²) in [4.78, 5) is 35.9. The maximum absolute atomic E-state index is 13.8. The molecule has 1 aliphatic heterocycles. The first-order chi connectivity index (χ1) is 28.4. The van der Waals surface area contributed by atoms with Gasteiger partial charge in [0.25, 0.3) is 5.91 Å². The number of rotatable bonds is 17. The van der Waals surface area contributed by atoms with E-state index in [0.717, 1.165) is 24.3 Å². The van der Waals surface area contributed by atoms with Gasteiger partial charge in [-0.3, -0.25) is 15.0 Å². The first kappa shape index (κ1) is 49.7. The topological polar surface area (TPSA) is 318 Å². The van der Waals surface area contributed by atoms with E-state index in [9.17, 15) is 71.4 Å². The Kier molecular flexibility index (Phi) is 15.7. The van der Waals surface area contributed by atoms with E-state index in [1.54, 1.807) is 0 Å². The van der Waals surface area contributed by atoms with E-state index in [1.165, 1.54) is 18.2 Å². The Morgan fingerprint density at radius 3 is 2.08 bits per heavy atom. The molecule has 0 radical (unpaired) electrons. The average Bonchev–Trinajstić information content (AvgIpc) is 3.16. The molecular formula is C36H31F4N4NaO14S3. The number of nitrogens with one attached hydrogen (secondary N) is 2. The van der Waals surface area contributed by atoms with Crippen LogP contribution in [0.2, 0.25) is 0 Å². The Hall–Kier alpha value is -4.99. The van der Waals surface area contributed by atoms with Gasteiger partial charge in [0.2, 0.25) is 32.8 Å². The zero-order chi connectivity index (χ0) is 45.2. The maximum atomic E-state index is 13.8. The second-order valence-corrected chi connectivity index (χ2v) is 17.6. The zero-order valence-corrected chi connectivity index (χ0v) is 36.4. The summed E-state index contributed by atoms with van der Waals surface area (Å²) in [6.45, 7) is -0.639. The zero-order valence-electron chi connectivity index (χ0n) is 31.9. The first-order valence-electron chi connectivity index (χ1n) is 17.4. The second-order valence-electron chi connectivity index (χ2n) is 13.1. The third kappa shape index (κ3) is 11.1. The molecule has 1 aliphatic carbocycles. The molecule has 18 nitrogen and oxygen atoms in total. The summed E-state index contributed by atoms with van der Waals surface area (Å²) < 4.78 is 165. The number of fused-ring (bicyclic) bond motifs is 2. The average molecular weight is 939 g/mol. The van der Waals surface area contributed by atoms with Gasteiger partial charge >= 0.3 is 41.5 Å². The van der Waals surface area contributed by atoms with E-state index >= 15 is 0 Å². The number of nitrogens with two attached hydrogens (primary N) is 2. The Balaban J connectivity index is 0.00000845. The number of hydrogen-bond donors (Lipinski definition) is 5. The van der Waals surface area contributed by atoms with Crippen molar-refractivity contribution in [3.05, 3.63) is 88.3 Å². The number of aromatic carboxylic acids is 1. The molecule has 2 aliphatic rings. The van der Waals surface area contributed by atoms with Crippen molar-refractivity contribution < 1.29 is 116 Å². The number of carbonyl (C=O) groups is 3. The van der Waals surface area contributed by atoms with E-state index in [0.29, 0.717) is 0 Å². The summed E-state index contributed by atoms with van der Waals surface area (Å²) in [5, 5.41) is 17.9. The minimum atomic E-state index is -5.50. The number of amides is 1. The van der Waals surface area contributed by atoms with E-state index in [-0.39, 0.29) is 89.1 Å². The molecule has 5 rings (SSSR count). The predicted molar refractivity (Wildman–Crippen MR) is 200 cm³/mol. The van der Waals surface area contributed by atoms with Crippen LogP contribution in [0.25, 0.3) is 33.4 Å². The van der Waals surface area contributed by atoms with Crippen LogP contribution in [-0.4, -0.2) is 76.2 Å². The minimum absolute atomic E-state index is 0. The Bertz CT molecular complexity index is 2960. The van der Waals surface area contributed by atoms with Gasteiger partial charge in [-0.05, 0) is 55.2 Å². The first-order valence-corrected chi connectivity index (χ1v) is 21.9. The number of carboxylic acid groups (broad SMARTS) is 1. The molecule has 326 valence electrons. The molecule has 0 saturated heterocycles. The number of ether oxygens (including phenoxy) is 1. The van der Waals surface area contributed by atoms with E-state index in [2.05, 4.69) is 14.8 Å². The molecule has 0 aromatic heterocycles. The summed E-state index contributed by atoms with van der Waals surface area (Å²) in [5.74, 6) is -14.2. The van der Waals surface area contributed by atoms with Crippen LogP contribution in [0.15, 0.2) is 62.7 Å². The van der Waals surface area contributed by atoms with Gasteiger partial charge in [0, 0.05) is 59.5 Å². The third-order valence-corrected chi connectivity index (χ3v) is 12.1. The van der Waals surface area contributed by atoms with Crippen LogP contribution in [-0.2, 0) is 35.1 Å². The Morgan fingerprint density at radius 2 is 1.47 bits per heavy atom. The van der Waals surface area contributed by atoms with Crippen LogP contribution in [0.5, 0.6) is 5.75 Å². The molecule has 7 N–H and O–H groups in total. The van der Waals surface area contributed by atoms with Crippen molar-refractivity contribution in [1.29, 1.82) is 0 Å². The molecule has 1 amide bonds. The summed E-state index contributed by atoms with van der Waals surface area (Å²) in [5.41, 5.74) is 3.34. The molecular weight excluding hydrogens is 908 g/mol. The Morgan fingerprint density at radius 1 is 0.823 bits per heavy atom. The number of unbranched alkanes of at least 4 members (excludes halogenated alkanes) is 2. The molecule has 0 bridgehead atoms.